The molecule has 13 nitrogen and oxygen atoms in total. The van der Waals surface area contributed by atoms with Crippen molar-refractivity contribution in [2.24, 2.45) is 5.73 Å². The number of amides is 3. The van der Waals surface area contributed by atoms with Gasteiger partial charge in [-0.3, -0.25) is 4.79 Å². The van der Waals surface area contributed by atoms with Gasteiger partial charge in [-0.25, -0.2) is 4.79 Å². The third kappa shape index (κ3) is 17.6. The van der Waals surface area contributed by atoms with Gasteiger partial charge in [-0.1, -0.05) is 6.42 Å². The van der Waals surface area contributed by atoms with E-state index in [0.717, 1.165) is 25.0 Å². The van der Waals surface area contributed by atoms with Crippen molar-refractivity contribution in [1.82, 2.24) is 16.0 Å². The molecule has 0 aromatic carbocycles. The van der Waals surface area contributed by atoms with Crippen LogP contribution >= 0.6 is 11.8 Å². The summed E-state index contributed by atoms with van der Waals surface area (Å²) < 4.78 is 37.8. The van der Waals surface area contributed by atoms with E-state index in [1.807, 2.05) is 11.8 Å². The quantitative estimate of drug-likeness (QED) is 0.0708. The Morgan fingerprint density at radius 3 is 1.77 bits per heavy atom. The number of urea groups is 1. The number of hydrogen-bond acceptors (Lipinski definition) is 11. The van der Waals surface area contributed by atoms with Gasteiger partial charge in [-0.2, -0.15) is 11.8 Å². The van der Waals surface area contributed by atoms with Gasteiger partial charge in [-0.15, -0.1) is 0 Å². The van der Waals surface area contributed by atoms with E-state index in [4.69, 9.17) is 38.9 Å². The molecule has 3 amide bonds. The fourth-order valence-corrected chi connectivity index (χ4v) is 5.67. The second-order valence-electron chi connectivity index (χ2n) is 9.29. The van der Waals surface area contributed by atoms with Gasteiger partial charge in [0, 0.05) is 30.5 Å². The maximum Gasteiger partial charge on any atom is 0.315 e. The van der Waals surface area contributed by atoms with Crippen LogP contribution in [0.5, 0.6) is 0 Å². The van der Waals surface area contributed by atoms with Crippen LogP contribution in [0.2, 0.25) is 0 Å². The van der Waals surface area contributed by atoms with Crippen molar-refractivity contribution in [3.63, 3.8) is 0 Å². The Hall–Kier alpha value is -1.23. The number of carbonyl (C=O) groups excluding carboxylic acids is 2. The summed E-state index contributed by atoms with van der Waals surface area (Å²) >= 11 is 1.90. The highest BCUT2D eigenvalue weighted by Gasteiger charge is 2.42. The maximum absolute atomic E-state index is 12.0. The van der Waals surface area contributed by atoms with E-state index >= 15 is 0 Å². The van der Waals surface area contributed by atoms with Crippen molar-refractivity contribution >= 4 is 23.7 Å². The van der Waals surface area contributed by atoms with Crippen LogP contribution in [0.4, 0.5) is 4.79 Å². The van der Waals surface area contributed by atoms with Crippen LogP contribution in [-0.4, -0.2) is 141 Å². The first-order valence-electron chi connectivity index (χ1n) is 14.4. The molecule has 0 spiro atoms. The summed E-state index contributed by atoms with van der Waals surface area (Å²) in [5.74, 6) is 1.01. The second kappa shape index (κ2) is 24.4. The summed E-state index contributed by atoms with van der Waals surface area (Å²) in [5, 5.41) is 9.28. The Balaban J connectivity index is 1.21. The predicted octanol–water partition coefficient (Wildman–Crippen LogP) is -0.0967. The van der Waals surface area contributed by atoms with Gasteiger partial charge < -0.3 is 54.8 Å². The monoisotopic (exact) mass is 594 g/mol. The largest absolute Gasteiger partial charge is 0.378 e. The summed E-state index contributed by atoms with van der Waals surface area (Å²) in [7, 11) is 0. The number of carbonyl (C=O) groups is 2. The van der Waals surface area contributed by atoms with Crippen molar-refractivity contribution in [3.8, 4) is 0 Å². The molecule has 2 aliphatic rings. The molecule has 40 heavy (non-hydrogen) atoms. The fourth-order valence-electron chi connectivity index (χ4n) is 4.13. The van der Waals surface area contributed by atoms with E-state index in [2.05, 4.69) is 16.0 Å². The van der Waals surface area contributed by atoms with Crippen molar-refractivity contribution in [2.75, 3.05) is 111 Å². The Kier molecular flexibility index (Phi) is 21.3. The number of nitrogens with one attached hydrogen (secondary N) is 3. The number of fused-ring (bicyclic) bond motifs is 1. The number of rotatable bonds is 28. The second-order valence-corrected chi connectivity index (χ2v) is 10.6. The molecular weight excluding hydrogens is 544 g/mol. The van der Waals surface area contributed by atoms with Gasteiger partial charge in [0.15, 0.2) is 0 Å². The fraction of sp³-hybridized carbons (Fsp3) is 0.923. The molecule has 0 unspecified atom stereocenters. The molecule has 3 atom stereocenters. The van der Waals surface area contributed by atoms with Crippen LogP contribution in [0.3, 0.4) is 0 Å². The lowest BCUT2D eigenvalue weighted by Crippen LogP contribution is -2.36. The Morgan fingerprint density at radius 2 is 1.25 bits per heavy atom. The number of hydrogen-bond donors (Lipinski definition) is 4. The summed E-state index contributed by atoms with van der Waals surface area (Å²) in [6.07, 6.45) is 3.36. The first-order chi connectivity index (χ1) is 19.7. The predicted molar refractivity (Wildman–Crippen MR) is 152 cm³/mol. The van der Waals surface area contributed by atoms with Crippen LogP contribution in [0.25, 0.3) is 0 Å². The van der Waals surface area contributed by atoms with Crippen molar-refractivity contribution in [1.29, 1.82) is 0 Å². The van der Waals surface area contributed by atoms with Crippen LogP contribution in [-0.2, 0) is 38.0 Å². The topological polar surface area (TPSA) is 161 Å². The van der Waals surface area contributed by atoms with E-state index < -0.39 is 0 Å². The lowest BCUT2D eigenvalue weighted by molar-refractivity contribution is -0.121. The molecule has 2 fully saturated rings. The van der Waals surface area contributed by atoms with E-state index in [9.17, 15) is 9.59 Å². The first kappa shape index (κ1) is 35.0. The molecule has 0 bridgehead atoms. The summed E-state index contributed by atoms with van der Waals surface area (Å²) in [5.41, 5.74) is 5.32. The van der Waals surface area contributed by atoms with E-state index in [1.165, 1.54) is 0 Å². The number of thioether (sulfide) groups is 1. The lowest BCUT2D eigenvalue weighted by Gasteiger charge is -2.16. The average Bonchev–Trinajstić information content (AvgIpc) is 3.50. The molecule has 2 rings (SSSR count). The maximum atomic E-state index is 12.0. The smallest absolute Gasteiger partial charge is 0.315 e. The van der Waals surface area contributed by atoms with Gasteiger partial charge in [0.05, 0.1) is 105 Å². The minimum Gasteiger partial charge on any atom is -0.378 e. The third-order valence-corrected chi connectivity index (χ3v) is 7.65. The number of nitrogens with two attached hydrogens (primary N) is 1. The SMILES string of the molecule is NCCOCCOCCOCCOCCOCCOCCOCCNC(=O)CCCC[C@H]1SC[C@@H]2NC(=O)N[C@H]21. The minimum atomic E-state index is -0.0573. The molecule has 2 saturated heterocycles. The minimum absolute atomic E-state index is 0.0483. The van der Waals surface area contributed by atoms with Gasteiger partial charge in [0.2, 0.25) is 5.91 Å². The molecule has 14 heteroatoms. The summed E-state index contributed by atoms with van der Waals surface area (Å²) in [6.45, 7) is 8.13. The highest BCUT2D eigenvalue weighted by atomic mass is 32.2. The molecule has 0 aromatic heterocycles. The summed E-state index contributed by atoms with van der Waals surface area (Å²) in [4.78, 5) is 23.4. The summed E-state index contributed by atoms with van der Waals surface area (Å²) in [6, 6.07) is 0.423. The molecular formula is C26H50N4O9S. The zero-order chi connectivity index (χ0) is 28.5. The number of ether oxygens (including phenoxy) is 7. The highest BCUT2D eigenvalue weighted by molar-refractivity contribution is 8.00. The third-order valence-electron chi connectivity index (χ3n) is 6.14. The number of unbranched alkanes of at least 4 members (excludes halogenated alkanes) is 1. The molecule has 5 N–H and O–H groups in total. The van der Waals surface area contributed by atoms with Crippen molar-refractivity contribution in [3.05, 3.63) is 0 Å². The van der Waals surface area contributed by atoms with Crippen molar-refractivity contribution < 1.29 is 42.7 Å². The van der Waals surface area contributed by atoms with E-state index in [-0.39, 0.29) is 24.0 Å². The lowest BCUT2D eigenvalue weighted by atomic mass is 10.0. The molecule has 0 saturated carbocycles. The van der Waals surface area contributed by atoms with E-state index in [0.29, 0.717) is 117 Å². The molecule has 0 aliphatic carbocycles. The van der Waals surface area contributed by atoms with Gasteiger partial charge in [0.1, 0.15) is 0 Å². The zero-order valence-corrected chi connectivity index (χ0v) is 24.6. The van der Waals surface area contributed by atoms with Gasteiger partial charge >= 0.3 is 6.03 Å². The average molecular weight is 595 g/mol. The van der Waals surface area contributed by atoms with Crippen LogP contribution in [0.1, 0.15) is 25.7 Å². The van der Waals surface area contributed by atoms with Crippen LogP contribution in [0.15, 0.2) is 0 Å². The molecule has 2 aliphatic heterocycles. The molecule has 0 aromatic rings. The van der Waals surface area contributed by atoms with Gasteiger partial charge in [0.25, 0.3) is 0 Å². The van der Waals surface area contributed by atoms with E-state index in [1.54, 1.807) is 0 Å². The molecule has 234 valence electrons. The first-order valence-corrected chi connectivity index (χ1v) is 15.4. The Labute approximate surface area is 242 Å². The van der Waals surface area contributed by atoms with Crippen LogP contribution in [0, 0.1) is 0 Å². The normalized spacial score (nSPS) is 19.9. The Bertz CT molecular complexity index is 653. The van der Waals surface area contributed by atoms with Crippen LogP contribution < -0.4 is 21.7 Å². The molecule has 2 heterocycles. The molecule has 0 radical (unpaired) electrons. The zero-order valence-electron chi connectivity index (χ0n) is 23.7. The highest BCUT2D eigenvalue weighted by Crippen LogP contribution is 2.33. The Morgan fingerprint density at radius 1 is 0.750 bits per heavy atom. The van der Waals surface area contributed by atoms with Gasteiger partial charge in [-0.05, 0) is 12.8 Å². The van der Waals surface area contributed by atoms with Crippen molar-refractivity contribution in [2.45, 2.75) is 43.0 Å². The standard InChI is InChI=1S/C26H50N4O9S/c27-5-7-33-9-11-35-13-15-37-17-19-39-20-18-38-16-14-36-12-10-34-8-6-28-24(31)4-2-1-3-23-25-22(21-40-23)29-26(32)30-25/h22-23,25H,1-21,27H2,(H,28,31)(H2,29,30,32)/t22-,23+,25+/m0/s1.